The van der Waals surface area contributed by atoms with E-state index in [2.05, 4.69) is 0 Å². The van der Waals surface area contributed by atoms with E-state index in [1.54, 1.807) is 30.3 Å². The van der Waals surface area contributed by atoms with Gasteiger partial charge in [-0.25, -0.2) is 0 Å². The fourth-order valence-corrected chi connectivity index (χ4v) is 4.34. The molecule has 1 aliphatic heterocycles. The van der Waals surface area contributed by atoms with Crippen molar-refractivity contribution >= 4 is 40.4 Å². The summed E-state index contributed by atoms with van der Waals surface area (Å²) in [4.78, 5) is 28.1. The third-order valence-corrected chi connectivity index (χ3v) is 5.83. The smallest absolute Gasteiger partial charge is 0.295 e. The Labute approximate surface area is 176 Å². The number of amides is 1. The highest BCUT2D eigenvalue weighted by Crippen LogP contribution is 2.41. The van der Waals surface area contributed by atoms with Crippen molar-refractivity contribution in [2.24, 2.45) is 0 Å². The van der Waals surface area contributed by atoms with Gasteiger partial charge < -0.3 is 15.1 Å². The average Bonchev–Trinajstić information content (AvgIpc) is 3.30. The Bertz CT molecular complexity index is 1120. The fraction of sp³-hybridized carbons (Fsp3) is 0.0909. The van der Waals surface area contributed by atoms with E-state index >= 15 is 0 Å². The monoisotopic (exact) mass is 425 g/mol. The molecule has 0 radical (unpaired) electrons. The maximum absolute atomic E-state index is 12.9. The van der Waals surface area contributed by atoms with E-state index in [0.717, 1.165) is 4.88 Å². The van der Waals surface area contributed by atoms with Crippen molar-refractivity contribution in [3.63, 3.8) is 0 Å². The van der Waals surface area contributed by atoms with Crippen molar-refractivity contribution in [3.05, 3.63) is 92.6 Å². The molecule has 29 heavy (non-hydrogen) atoms. The van der Waals surface area contributed by atoms with Gasteiger partial charge in [0.25, 0.3) is 11.7 Å². The lowest BCUT2D eigenvalue weighted by atomic mass is 9.95. The Balaban J connectivity index is 1.89. The molecule has 1 aromatic heterocycles. The van der Waals surface area contributed by atoms with Crippen LogP contribution in [0.1, 0.15) is 22.0 Å². The van der Waals surface area contributed by atoms with E-state index < -0.39 is 17.7 Å². The number of Topliss-reactive ketones (excluding diaryl/α,β-unsaturated/α-hetero) is 1. The van der Waals surface area contributed by atoms with Gasteiger partial charge in [-0.05, 0) is 41.3 Å². The van der Waals surface area contributed by atoms with Gasteiger partial charge in [-0.3, -0.25) is 9.59 Å². The SMILES string of the molecule is O=C1C(=O)N(Cc2cccs2)C(c2cccc(O)c2)/C1=C(/O)c1cccc(Cl)c1. The minimum absolute atomic E-state index is 0.00645. The lowest BCUT2D eigenvalue weighted by molar-refractivity contribution is -0.140. The molecule has 0 aliphatic carbocycles. The molecule has 1 atom stereocenters. The summed E-state index contributed by atoms with van der Waals surface area (Å²) in [6.07, 6.45) is 0. The number of halogens is 1. The number of phenolic OH excluding ortho intramolecular Hbond substituents is 1. The lowest BCUT2D eigenvalue weighted by Gasteiger charge is -2.25. The van der Waals surface area contributed by atoms with Gasteiger partial charge in [0.05, 0.1) is 18.2 Å². The molecule has 1 fully saturated rings. The van der Waals surface area contributed by atoms with Crippen molar-refractivity contribution in [2.75, 3.05) is 0 Å². The zero-order chi connectivity index (χ0) is 20.5. The van der Waals surface area contributed by atoms with Crippen LogP contribution in [0, 0.1) is 0 Å². The molecule has 0 bridgehead atoms. The number of nitrogens with zero attached hydrogens (tertiary/aromatic N) is 1. The molecule has 7 heteroatoms. The summed E-state index contributed by atoms with van der Waals surface area (Å²) in [6.45, 7) is 0.217. The van der Waals surface area contributed by atoms with Crippen molar-refractivity contribution < 1.29 is 19.8 Å². The molecule has 2 N–H and O–H groups in total. The van der Waals surface area contributed by atoms with Crippen LogP contribution >= 0.6 is 22.9 Å². The summed E-state index contributed by atoms with van der Waals surface area (Å²) < 4.78 is 0. The van der Waals surface area contributed by atoms with Gasteiger partial charge in [-0.15, -0.1) is 11.3 Å². The molecule has 1 saturated heterocycles. The molecule has 2 heterocycles. The van der Waals surface area contributed by atoms with Gasteiger partial charge in [0.2, 0.25) is 0 Å². The van der Waals surface area contributed by atoms with Crippen LogP contribution in [0.2, 0.25) is 5.02 Å². The van der Waals surface area contributed by atoms with Gasteiger partial charge in [-0.2, -0.15) is 0 Å². The number of aliphatic hydroxyl groups excluding tert-OH is 1. The first-order valence-corrected chi connectivity index (χ1v) is 10.1. The molecule has 3 aromatic rings. The number of hydrogen-bond acceptors (Lipinski definition) is 5. The van der Waals surface area contributed by atoms with E-state index in [1.165, 1.54) is 34.4 Å². The number of likely N-dealkylation sites (tertiary alicyclic amines) is 1. The minimum Gasteiger partial charge on any atom is -0.508 e. The second kappa shape index (κ2) is 7.73. The normalized spacial score (nSPS) is 18.4. The van der Waals surface area contributed by atoms with Crippen molar-refractivity contribution in [1.82, 2.24) is 4.90 Å². The minimum atomic E-state index is -0.830. The van der Waals surface area contributed by atoms with Crippen LogP contribution in [0.4, 0.5) is 0 Å². The molecule has 1 unspecified atom stereocenters. The zero-order valence-corrected chi connectivity index (χ0v) is 16.7. The quantitative estimate of drug-likeness (QED) is 0.360. The Hall–Kier alpha value is -3.09. The van der Waals surface area contributed by atoms with Crippen LogP contribution in [0.15, 0.2) is 71.6 Å². The average molecular weight is 426 g/mol. The molecular weight excluding hydrogens is 410 g/mol. The maximum Gasteiger partial charge on any atom is 0.295 e. The first-order chi connectivity index (χ1) is 14.0. The molecule has 0 spiro atoms. The zero-order valence-electron chi connectivity index (χ0n) is 15.1. The topological polar surface area (TPSA) is 77.8 Å². The summed E-state index contributed by atoms with van der Waals surface area (Å²) in [5, 5.41) is 23.2. The van der Waals surface area contributed by atoms with Crippen LogP contribution in [-0.4, -0.2) is 26.8 Å². The largest absolute Gasteiger partial charge is 0.508 e. The number of phenols is 1. The molecule has 2 aromatic carbocycles. The summed E-state index contributed by atoms with van der Waals surface area (Å²) in [5.41, 5.74) is 0.848. The van der Waals surface area contributed by atoms with E-state index in [4.69, 9.17) is 11.6 Å². The van der Waals surface area contributed by atoms with Gasteiger partial charge in [0.1, 0.15) is 11.5 Å². The standard InChI is InChI=1S/C22H16ClNO4S/c23-15-6-1-5-14(10-15)20(26)18-19(13-4-2-7-16(25)11-13)24(22(28)21(18)27)12-17-8-3-9-29-17/h1-11,19,25-26H,12H2/b20-18-. The second-order valence-electron chi connectivity index (χ2n) is 6.61. The van der Waals surface area contributed by atoms with Gasteiger partial charge >= 0.3 is 0 Å². The van der Waals surface area contributed by atoms with Gasteiger partial charge in [-0.1, -0.05) is 41.9 Å². The summed E-state index contributed by atoms with van der Waals surface area (Å²) in [6, 6.07) is 15.7. The highest BCUT2D eigenvalue weighted by molar-refractivity contribution is 7.09. The van der Waals surface area contributed by atoms with Crippen LogP contribution in [0.3, 0.4) is 0 Å². The van der Waals surface area contributed by atoms with Crippen molar-refractivity contribution in [3.8, 4) is 5.75 Å². The molecule has 1 amide bonds. The molecule has 146 valence electrons. The third-order valence-electron chi connectivity index (χ3n) is 4.73. The fourth-order valence-electron chi connectivity index (χ4n) is 3.45. The predicted octanol–water partition coefficient (Wildman–Crippen LogP) is 4.73. The molecule has 0 saturated carbocycles. The maximum atomic E-state index is 12.9. The first kappa shape index (κ1) is 19.2. The van der Waals surface area contributed by atoms with E-state index in [1.807, 2.05) is 17.5 Å². The van der Waals surface area contributed by atoms with E-state index in [9.17, 15) is 19.8 Å². The molecule has 5 nitrogen and oxygen atoms in total. The number of benzene rings is 2. The van der Waals surface area contributed by atoms with Crippen LogP contribution in [0.25, 0.3) is 5.76 Å². The number of aliphatic hydroxyl groups is 1. The Morgan fingerprint density at radius 1 is 1.07 bits per heavy atom. The number of rotatable bonds is 4. The van der Waals surface area contributed by atoms with Gasteiger partial charge in [0.15, 0.2) is 0 Å². The molecular formula is C22H16ClNO4S. The molecule has 1 aliphatic rings. The molecule has 4 rings (SSSR count). The summed E-state index contributed by atoms with van der Waals surface area (Å²) in [7, 11) is 0. The number of ketones is 1. The second-order valence-corrected chi connectivity index (χ2v) is 8.08. The third kappa shape index (κ3) is 3.64. The highest BCUT2D eigenvalue weighted by atomic mass is 35.5. The highest BCUT2D eigenvalue weighted by Gasteiger charge is 2.46. The number of carbonyl (C=O) groups is 2. The Morgan fingerprint density at radius 3 is 2.55 bits per heavy atom. The number of carbonyl (C=O) groups excluding carboxylic acids is 2. The van der Waals surface area contributed by atoms with Crippen LogP contribution in [-0.2, 0) is 16.1 Å². The Morgan fingerprint density at radius 2 is 1.86 bits per heavy atom. The van der Waals surface area contributed by atoms with Crippen molar-refractivity contribution in [1.29, 1.82) is 0 Å². The van der Waals surface area contributed by atoms with Crippen LogP contribution in [0.5, 0.6) is 5.75 Å². The first-order valence-electron chi connectivity index (χ1n) is 8.81. The summed E-state index contributed by atoms with van der Waals surface area (Å²) in [5.74, 6) is -1.76. The number of aromatic hydroxyl groups is 1. The van der Waals surface area contributed by atoms with E-state index in [0.29, 0.717) is 16.1 Å². The predicted molar refractivity (Wildman–Crippen MR) is 112 cm³/mol. The van der Waals surface area contributed by atoms with Crippen LogP contribution < -0.4 is 0 Å². The summed E-state index contributed by atoms with van der Waals surface area (Å²) >= 11 is 7.50. The lowest BCUT2D eigenvalue weighted by Crippen LogP contribution is -2.28. The number of hydrogen-bond donors (Lipinski definition) is 2. The van der Waals surface area contributed by atoms with Crippen molar-refractivity contribution in [2.45, 2.75) is 12.6 Å². The Kier molecular flexibility index (Phi) is 5.13. The van der Waals surface area contributed by atoms with E-state index in [-0.39, 0.29) is 23.6 Å². The van der Waals surface area contributed by atoms with Gasteiger partial charge in [0, 0.05) is 15.5 Å². The number of thiophene rings is 1.